The van der Waals surface area contributed by atoms with Gasteiger partial charge in [-0.05, 0) is 42.8 Å². The maximum Gasteiger partial charge on any atom is 0.279 e. The van der Waals surface area contributed by atoms with Gasteiger partial charge in [0.1, 0.15) is 5.75 Å². The lowest BCUT2D eigenvalue weighted by Crippen LogP contribution is -2.57. The van der Waals surface area contributed by atoms with Crippen LogP contribution in [0.3, 0.4) is 0 Å². The molecule has 0 saturated carbocycles. The van der Waals surface area contributed by atoms with Crippen molar-refractivity contribution in [1.29, 1.82) is 0 Å². The highest BCUT2D eigenvalue weighted by molar-refractivity contribution is 7.20. The van der Waals surface area contributed by atoms with Gasteiger partial charge in [0, 0.05) is 31.2 Å². The van der Waals surface area contributed by atoms with Crippen LogP contribution in [0.1, 0.15) is 18.4 Å². The molecule has 8 heteroatoms. The normalized spacial score (nSPS) is 18.7. The van der Waals surface area contributed by atoms with E-state index in [0.29, 0.717) is 22.0 Å². The van der Waals surface area contributed by atoms with Gasteiger partial charge < -0.3 is 14.4 Å². The van der Waals surface area contributed by atoms with Crippen LogP contribution in [0.15, 0.2) is 42.5 Å². The first-order valence-corrected chi connectivity index (χ1v) is 11.7. The highest BCUT2D eigenvalue weighted by Crippen LogP contribution is 2.33. The summed E-state index contributed by atoms with van der Waals surface area (Å²) in [6.07, 6.45) is 0. The van der Waals surface area contributed by atoms with E-state index in [2.05, 4.69) is 9.88 Å². The number of nitrogens with zero attached hydrogens (tertiary/aromatic N) is 3. The van der Waals surface area contributed by atoms with Gasteiger partial charge in [0.05, 0.1) is 35.4 Å². The van der Waals surface area contributed by atoms with E-state index in [9.17, 15) is 4.79 Å². The zero-order chi connectivity index (χ0) is 21.4. The number of hydrogen-bond acceptors (Lipinski definition) is 6. The van der Waals surface area contributed by atoms with Crippen molar-refractivity contribution in [2.75, 3.05) is 39.4 Å². The first kappa shape index (κ1) is 20.7. The van der Waals surface area contributed by atoms with Gasteiger partial charge in [0.2, 0.25) is 5.91 Å². The molecule has 6 nitrogen and oxygen atoms in total. The number of piperazine rings is 1. The Labute approximate surface area is 190 Å². The number of thiazole rings is 1. The molecule has 2 aliphatic rings. The van der Waals surface area contributed by atoms with Gasteiger partial charge in [0.25, 0.3) is 5.19 Å². The molecule has 2 aliphatic heterocycles. The molecule has 3 heterocycles. The van der Waals surface area contributed by atoms with Crippen LogP contribution in [0, 0.1) is 0 Å². The third-order valence-electron chi connectivity index (χ3n) is 6.05. The molecule has 1 unspecified atom stereocenters. The predicted molar refractivity (Wildman–Crippen MR) is 122 cm³/mol. The lowest BCUT2D eigenvalue weighted by molar-refractivity contribution is -0.136. The Morgan fingerprint density at radius 2 is 1.90 bits per heavy atom. The van der Waals surface area contributed by atoms with Crippen LogP contribution in [-0.2, 0) is 9.53 Å². The van der Waals surface area contributed by atoms with Crippen molar-refractivity contribution >= 4 is 39.1 Å². The maximum atomic E-state index is 13.0. The molecule has 1 amide bonds. The molecule has 2 aromatic carbocycles. The zero-order valence-electron chi connectivity index (χ0n) is 17.3. The van der Waals surface area contributed by atoms with Crippen molar-refractivity contribution in [2.24, 2.45) is 0 Å². The molecule has 0 aliphatic carbocycles. The summed E-state index contributed by atoms with van der Waals surface area (Å²) in [5, 5.41) is 1.26. The van der Waals surface area contributed by atoms with E-state index in [4.69, 9.17) is 21.1 Å². The molecule has 2 fully saturated rings. The van der Waals surface area contributed by atoms with Gasteiger partial charge in [-0.2, -0.15) is 0 Å². The zero-order valence-corrected chi connectivity index (χ0v) is 18.9. The fourth-order valence-corrected chi connectivity index (χ4v) is 5.12. The van der Waals surface area contributed by atoms with Crippen molar-refractivity contribution in [3.8, 4) is 10.9 Å². The molecule has 1 aromatic heterocycles. The Balaban J connectivity index is 1.20. The van der Waals surface area contributed by atoms with Crippen LogP contribution in [0.25, 0.3) is 10.2 Å². The molecule has 3 aromatic rings. The molecule has 5 rings (SSSR count). The minimum absolute atomic E-state index is 0.182. The summed E-state index contributed by atoms with van der Waals surface area (Å²) in [4.78, 5) is 21.9. The number of ether oxygens (including phenoxy) is 2. The fraction of sp³-hybridized carbons (Fsp3) is 0.391. The van der Waals surface area contributed by atoms with E-state index >= 15 is 0 Å². The van der Waals surface area contributed by atoms with Crippen molar-refractivity contribution in [1.82, 2.24) is 14.8 Å². The molecule has 0 radical (unpaired) electrons. The van der Waals surface area contributed by atoms with E-state index in [1.165, 1.54) is 11.3 Å². The lowest BCUT2D eigenvalue weighted by atomic mass is 9.99. The van der Waals surface area contributed by atoms with Crippen molar-refractivity contribution < 1.29 is 14.3 Å². The van der Waals surface area contributed by atoms with Crippen molar-refractivity contribution in [3.05, 3.63) is 53.1 Å². The van der Waals surface area contributed by atoms with Crippen molar-refractivity contribution in [3.63, 3.8) is 0 Å². The number of hydrogen-bond donors (Lipinski definition) is 0. The van der Waals surface area contributed by atoms with E-state index in [-0.39, 0.29) is 11.8 Å². The van der Waals surface area contributed by atoms with Gasteiger partial charge in [-0.1, -0.05) is 35.1 Å². The van der Waals surface area contributed by atoms with E-state index in [0.717, 1.165) is 55.2 Å². The summed E-state index contributed by atoms with van der Waals surface area (Å²) < 4.78 is 12.2. The average molecular weight is 458 g/mol. The fourth-order valence-electron chi connectivity index (χ4n) is 4.00. The number of benzene rings is 2. The highest BCUT2D eigenvalue weighted by atomic mass is 35.5. The van der Waals surface area contributed by atoms with Gasteiger partial charge >= 0.3 is 0 Å². The minimum Gasteiger partial charge on any atom is -0.431 e. The second-order valence-corrected chi connectivity index (χ2v) is 9.47. The molecule has 1 atom stereocenters. The van der Waals surface area contributed by atoms with Crippen LogP contribution >= 0.6 is 22.9 Å². The molecule has 162 valence electrons. The molecule has 0 bridgehead atoms. The SMILES string of the molecule is CC(C(=O)N1CCN(C2COC2)CC1)c1ccc(Oc2nc3ccc(Cl)cc3s2)cc1. The third-order valence-corrected chi connectivity index (χ3v) is 7.18. The number of fused-ring (bicyclic) bond motifs is 1. The second kappa shape index (κ2) is 8.74. The number of carbonyl (C=O) groups excluding carboxylic acids is 1. The molecule has 0 spiro atoms. The predicted octanol–water partition coefficient (Wildman–Crippen LogP) is 4.39. The number of rotatable bonds is 5. The summed E-state index contributed by atoms with van der Waals surface area (Å²) in [7, 11) is 0. The van der Waals surface area contributed by atoms with Crippen LogP contribution < -0.4 is 4.74 Å². The molecule has 31 heavy (non-hydrogen) atoms. The van der Waals surface area contributed by atoms with Crippen LogP contribution in [0.5, 0.6) is 10.9 Å². The topological polar surface area (TPSA) is 54.9 Å². The summed E-state index contributed by atoms with van der Waals surface area (Å²) in [5.74, 6) is 0.698. The Hall–Kier alpha value is -2.19. The number of amides is 1. The van der Waals surface area contributed by atoms with Crippen molar-refractivity contribution in [2.45, 2.75) is 18.9 Å². The molecular formula is C23H24ClN3O3S. The quantitative estimate of drug-likeness (QED) is 0.568. The lowest BCUT2D eigenvalue weighted by Gasteiger charge is -2.43. The first-order valence-electron chi connectivity index (χ1n) is 10.5. The Bertz CT molecular complexity index is 1080. The van der Waals surface area contributed by atoms with Crippen LogP contribution in [0.4, 0.5) is 0 Å². The Morgan fingerprint density at radius 1 is 1.16 bits per heavy atom. The molecule has 0 N–H and O–H groups in total. The molecular weight excluding hydrogens is 434 g/mol. The second-order valence-electron chi connectivity index (χ2n) is 8.04. The standard InChI is InChI=1S/C23H24ClN3O3S/c1-15(22(28)27-10-8-26(9-11-27)18-13-29-14-18)16-2-5-19(6-3-16)30-23-25-20-7-4-17(24)12-21(20)31-23/h2-7,12,15,18H,8-11,13-14H2,1H3. The summed E-state index contributed by atoms with van der Waals surface area (Å²) >= 11 is 7.50. The van der Waals surface area contributed by atoms with Crippen LogP contribution in [-0.4, -0.2) is 66.1 Å². The summed E-state index contributed by atoms with van der Waals surface area (Å²) in [5.41, 5.74) is 1.86. The van der Waals surface area contributed by atoms with Gasteiger partial charge in [-0.25, -0.2) is 4.98 Å². The monoisotopic (exact) mass is 457 g/mol. The summed E-state index contributed by atoms with van der Waals surface area (Å²) in [6.45, 7) is 7.03. The van der Waals surface area contributed by atoms with Gasteiger partial charge in [-0.15, -0.1) is 0 Å². The van der Waals surface area contributed by atoms with E-state index in [1.54, 1.807) is 0 Å². The Morgan fingerprint density at radius 3 is 2.58 bits per heavy atom. The smallest absolute Gasteiger partial charge is 0.279 e. The average Bonchev–Trinajstić information content (AvgIpc) is 3.14. The number of halogens is 1. The largest absolute Gasteiger partial charge is 0.431 e. The summed E-state index contributed by atoms with van der Waals surface area (Å²) in [6, 6.07) is 13.8. The third kappa shape index (κ3) is 4.41. The van der Waals surface area contributed by atoms with Gasteiger partial charge in [-0.3, -0.25) is 9.69 Å². The molecule has 2 saturated heterocycles. The Kier molecular flexibility index (Phi) is 5.84. The van der Waals surface area contributed by atoms with E-state index in [1.807, 2.05) is 54.3 Å². The maximum absolute atomic E-state index is 13.0. The van der Waals surface area contributed by atoms with Crippen LogP contribution in [0.2, 0.25) is 5.02 Å². The number of carbonyl (C=O) groups is 1. The van der Waals surface area contributed by atoms with E-state index < -0.39 is 0 Å². The minimum atomic E-state index is -0.183. The number of aromatic nitrogens is 1. The highest BCUT2D eigenvalue weighted by Gasteiger charge is 2.31. The van der Waals surface area contributed by atoms with Gasteiger partial charge in [0.15, 0.2) is 0 Å². The first-order chi connectivity index (χ1) is 15.1.